The third-order valence-electron chi connectivity index (χ3n) is 3.48. The second-order valence-corrected chi connectivity index (χ2v) is 4.41. The van der Waals surface area contributed by atoms with Gasteiger partial charge in [0.2, 0.25) is 0 Å². The van der Waals surface area contributed by atoms with Crippen LogP contribution in [0, 0.1) is 17.8 Å². The fraction of sp³-hybridized carbons (Fsp3) is 0.900. The molecule has 2 fully saturated rings. The molecule has 2 unspecified atom stereocenters. The number of carbonyl (C=O) groups is 1. The number of carboxylic acid groups (broad SMARTS) is 1. The maximum atomic E-state index is 10.8. The highest BCUT2D eigenvalue weighted by Crippen LogP contribution is 2.42. The summed E-state index contributed by atoms with van der Waals surface area (Å²) in [5.74, 6) is 0.887. The van der Waals surface area contributed by atoms with Gasteiger partial charge in [-0.25, -0.2) is 0 Å². The first kappa shape index (κ1) is 8.09. The van der Waals surface area contributed by atoms with Gasteiger partial charge in [-0.15, -0.1) is 0 Å². The van der Waals surface area contributed by atoms with Crippen molar-refractivity contribution in [2.75, 3.05) is 0 Å². The van der Waals surface area contributed by atoms with E-state index in [2.05, 4.69) is 0 Å². The molecule has 2 bridgehead atoms. The van der Waals surface area contributed by atoms with Crippen molar-refractivity contribution in [1.82, 2.24) is 0 Å². The summed E-state index contributed by atoms with van der Waals surface area (Å²) in [4.78, 5) is 10.8. The molecular formula is C10H16O2. The summed E-state index contributed by atoms with van der Waals surface area (Å²) in [6.45, 7) is 0. The summed E-state index contributed by atoms with van der Waals surface area (Å²) >= 11 is 0. The molecule has 2 aliphatic rings. The molecule has 0 saturated heterocycles. The van der Waals surface area contributed by atoms with Crippen molar-refractivity contribution < 1.29 is 9.90 Å². The summed E-state index contributed by atoms with van der Waals surface area (Å²) in [6, 6.07) is 0. The highest BCUT2D eigenvalue weighted by Gasteiger charge is 2.34. The van der Waals surface area contributed by atoms with Crippen LogP contribution in [0.2, 0.25) is 0 Å². The van der Waals surface area contributed by atoms with E-state index in [0.29, 0.717) is 0 Å². The van der Waals surface area contributed by atoms with Crippen molar-refractivity contribution in [3.05, 3.63) is 0 Å². The highest BCUT2D eigenvalue weighted by molar-refractivity contribution is 5.70. The Morgan fingerprint density at radius 2 is 1.67 bits per heavy atom. The van der Waals surface area contributed by atoms with Crippen molar-refractivity contribution in [1.29, 1.82) is 0 Å². The van der Waals surface area contributed by atoms with Gasteiger partial charge in [0, 0.05) is 0 Å². The number of carboxylic acids is 1. The molecule has 0 aliphatic heterocycles. The Hall–Kier alpha value is -0.530. The minimum atomic E-state index is -0.563. The van der Waals surface area contributed by atoms with Crippen LogP contribution in [0.1, 0.15) is 38.5 Å². The van der Waals surface area contributed by atoms with E-state index in [1.807, 2.05) is 0 Å². The number of aliphatic carboxylic acids is 1. The van der Waals surface area contributed by atoms with E-state index in [9.17, 15) is 4.79 Å². The normalized spacial score (nSPS) is 40.8. The minimum absolute atomic E-state index is 0.0194. The summed E-state index contributed by atoms with van der Waals surface area (Å²) in [6.07, 6.45) is 7.10. The molecular weight excluding hydrogens is 152 g/mol. The molecule has 0 spiro atoms. The van der Waals surface area contributed by atoms with Gasteiger partial charge >= 0.3 is 5.97 Å². The van der Waals surface area contributed by atoms with Crippen molar-refractivity contribution in [2.24, 2.45) is 17.8 Å². The Bertz CT molecular complexity index is 176. The molecule has 0 heterocycles. The van der Waals surface area contributed by atoms with Gasteiger partial charge in [0.05, 0.1) is 5.92 Å². The van der Waals surface area contributed by atoms with E-state index in [1.54, 1.807) is 0 Å². The molecule has 0 aromatic heterocycles. The predicted molar refractivity (Wildman–Crippen MR) is 45.8 cm³/mol. The third kappa shape index (κ3) is 1.47. The molecule has 2 aliphatic carbocycles. The molecule has 0 aromatic carbocycles. The van der Waals surface area contributed by atoms with Gasteiger partial charge in [-0.2, -0.15) is 0 Å². The lowest BCUT2D eigenvalue weighted by molar-refractivity contribution is -0.144. The molecule has 0 radical (unpaired) electrons. The van der Waals surface area contributed by atoms with Gasteiger partial charge in [0.15, 0.2) is 0 Å². The van der Waals surface area contributed by atoms with Gasteiger partial charge < -0.3 is 5.11 Å². The van der Waals surface area contributed by atoms with Gasteiger partial charge in [-0.1, -0.05) is 19.3 Å². The minimum Gasteiger partial charge on any atom is -0.481 e. The van der Waals surface area contributed by atoms with Gasteiger partial charge in [0.1, 0.15) is 0 Å². The van der Waals surface area contributed by atoms with Crippen molar-refractivity contribution in [2.45, 2.75) is 38.5 Å². The molecule has 2 heteroatoms. The predicted octanol–water partition coefficient (Wildman–Crippen LogP) is 2.29. The first-order valence-electron chi connectivity index (χ1n) is 4.98. The van der Waals surface area contributed by atoms with Gasteiger partial charge in [-0.05, 0) is 31.1 Å². The summed E-state index contributed by atoms with van der Waals surface area (Å²) in [7, 11) is 0. The summed E-state index contributed by atoms with van der Waals surface area (Å²) in [5, 5.41) is 8.89. The van der Waals surface area contributed by atoms with E-state index in [0.717, 1.165) is 24.7 Å². The van der Waals surface area contributed by atoms with E-state index >= 15 is 0 Å². The zero-order valence-electron chi connectivity index (χ0n) is 7.33. The first-order chi connectivity index (χ1) is 5.75. The SMILES string of the molecule is O=C(O)C1CC2CCC[C@H](C2)C1. The van der Waals surface area contributed by atoms with Crippen molar-refractivity contribution in [3.63, 3.8) is 0 Å². The van der Waals surface area contributed by atoms with Gasteiger partial charge in [-0.3, -0.25) is 4.79 Å². The molecule has 2 nitrogen and oxygen atoms in total. The fourth-order valence-electron chi connectivity index (χ4n) is 2.93. The highest BCUT2D eigenvalue weighted by atomic mass is 16.4. The molecule has 12 heavy (non-hydrogen) atoms. The van der Waals surface area contributed by atoms with E-state index < -0.39 is 5.97 Å². The van der Waals surface area contributed by atoms with Crippen molar-refractivity contribution >= 4 is 5.97 Å². The lowest BCUT2D eigenvalue weighted by Crippen LogP contribution is -2.30. The summed E-state index contributed by atoms with van der Waals surface area (Å²) < 4.78 is 0. The number of hydrogen-bond acceptors (Lipinski definition) is 1. The van der Waals surface area contributed by atoms with Gasteiger partial charge in [0.25, 0.3) is 0 Å². The second kappa shape index (κ2) is 3.08. The van der Waals surface area contributed by atoms with Crippen LogP contribution in [-0.2, 0) is 4.79 Å². The zero-order valence-corrected chi connectivity index (χ0v) is 7.33. The average Bonchev–Trinajstić information content (AvgIpc) is 2.03. The Balaban J connectivity index is 2.00. The average molecular weight is 168 g/mol. The van der Waals surface area contributed by atoms with E-state index in [1.165, 1.54) is 25.7 Å². The van der Waals surface area contributed by atoms with Crippen LogP contribution in [0.4, 0.5) is 0 Å². The molecule has 68 valence electrons. The first-order valence-corrected chi connectivity index (χ1v) is 4.98. The second-order valence-electron chi connectivity index (χ2n) is 4.41. The maximum Gasteiger partial charge on any atom is 0.306 e. The molecule has 0 amide bonds. The molecule has 3 atom stereocenters. The van der Waals surface area contributed by atoms with E-state index in [4.69, 9.17) is 5.11 Å². The quantitative estimate of drug-likeness (QED) is 0.652. The van der Waals surface area contributed by atoms with Crippen LogP contribution in [0.25, 0.3) is 0 Å². The Kier molecular flexibility index (Phi) is 2.07. The number of fused-ring (bicyclic) bond motifs is 2. The molecule has 1 N–H and O–H groups in total. The Morgan fingerprint density at radius 1 is 1.08 bits per heavy atom. The Labute approximate surface area is 73.0 Å². The van der Waals surface area contributed by atoms with Crippen molar-refractivity contribution in [3.8, 4) is 0 Å². The standard InChI is InChI=1S/C10H16O2/c11-10(12)9-5-7-2-1-3-8(4-7)6-9/h7-9H,1-6H2,(H,11,12)/t7-,8?,9?/m1/s1. The van der Waals surface area contributed by atoms with Crippen LogP contribution < -0.4 is 0 Å². The lowest BCUT2D eigenvalue weighted by Gasteiger charge is -2.37. The zero-order chi connectivity index (χ0) is 8.55. The fourth-order valence-corrected chi connectivity index (χ4v) is 2.93. The lowest BCUT2D eigenvalue weighted by atomic mass is 9.68. The maximum absolute atomic E-state index is 10.8. The smallest absolute Gasteiger partial charge is 0.306 e. The topological polar surface area (TPSA) is 37.3 Å². The van der Waals surface area contributed by atoms with Crippen LogP contribution >= 0.6 is 0 Å². The van der Waals surface area contributed by atoms with E-state index in [-0.39, 0.29) is 5.92 Å². The number of hydrogen-bond donors (Lipinski definition) is 1. The van der Waals surface area contributed by atoms with Crippen LogP contribution in [-0.4, -0.2) is 11.1 Å². The molecule has 2 saturated carbocycles. The van der Waals surface area contributed by atoms with Crippen LogP contribution in [0.5, 0.6) is 0 Å². The summed E-state index contributed by atoms with van der Waals surface area (Å²) in [5.41, 5.74) is 0. The molecule has 0 aromatic rings. The molecule has 2 rings (SSSR count). The third-order valence-corrected chi connectivity index (χ3v) is 3.48. The Morgan fingerprint density at radius 3 is 2.17 bits per heavy atom. The number of rotatable bonds is 1. The largest absolute Gasteiger partial charge is 0.481 e. The van der Waals surface area contributed by atoms with Crippen LogP contribution in [0.3, 0.4) is 0 Å². The monoisotopic (exact) mass is 168 g/mol. The van der Waals surface area contributed by atoms with Crippen LogP contribution in [0.15, 0.2) is 0 Å².